The highest BCUT2D eigenvalue weighted by Crippen LogP contribution is 2.14. The van der Waals surface area contributed by atoms with Gasteiger partial charge in [-0.2, -0.15) is 0 Å². The van der Waals surface area contributed by atoms with Crippen LogP contribution in [0.1, 0.15) is 5.56 Å². The SMILES string of the molecule is C[B]c1ccc2[nH]cc(C)c2c1. The maximum atomic E-state index is 3.23. The summed E-state index contributed by atoms with van der Waals surface area (Å²) in [4.78, 5) is 3.23. The van der Waals surface area contributed by atoms with E-state index in [0.717, 1.165) is 0 Å². The second-order valence-electron chi connectivity index (χ2n) is 3.07. The van der Waals surface area contributed by atoms with Crippen molar-refractivity contribution in [1.82, 2.24) is 4.98 Å². The van der Waals surface area contributed by atoms with Crippen molar-refractivity contribution in [3.63, 3.8) is 0 Å². The fourth-order valence-electron chi connectivity index (χ4n) is 1.46. The summed E-state index contributed by atoms with van der Waals surface area (Å²) >= 11 is 0. The zero-order valence-electron chi connectivity index (χ0n) is 7.39. The molecule has 0 aliphatic rings. The number of aromatic nitrogens is 1. The molecular formula is C10H11BN. The molecule has 0 unspecified atom stereocenters. The van der Waals surface area contributed by atoms with Crippen LogP contribution in [0.5, 0.6) is 0 Å². The molecule has 1 nitrogen and oxygen atoms in total. The lowest BCUT2D eigenvalue weighted by atomic mass is 9.73. The molecule has 0 aliphatic heterocycles. The summed E-state index contributed by atoms with van der Waals surface area (Å²) in [5.41, 5.74) is 3.82. The summed E-state index contributed by atoms with van der Waals surface area (Å²) in [5.74, 6) is 0. The van der Waals surface area contributed by atoms with Crippen LogP contribution in [0.4, 0.5) is 0 Å². The van der Waals surface area contributed by atoms with E-state index in [-0.39, 0.29) is 0 Å². The molecule has 0 saturated carbocycles. The average molecular weight is 156 g/mol. The number of rotatable bonds is 1. The first-order chi connectivity index (χ1) is 5.81. The zero-order valence-corrected chi connectivity index (χ0v) is 7.39. The molecule has 1 radical (unpaired) electrons. The topological polar surface area (TPSA) is 15.8 Å². The van der Waals surface area contributed by atoms with Crippen LogP contribution in [-0.2, 0) is 0 Å². The lowest BCUT2D eigenvalue weighted by Gasteiger charge is -1.96. The second kappa shape index (κ2) is 2.70. The Morgan fingerprint density at radius 2 is 2.17 bits per heavy atom. The molecule has 2 heteroatoms. The lowest BCUT2D eigenvalue weighted by molar-refractivity contribution is 1.43. The Balaban J connectivity index is 2.71. The predicted octanol–water partition coefficient (Wildman–Crippen LogP) is 1.85. The smallest absolute Gasteiger partial charge is 0.148 e. The van der Waals surface area contributed by atoms with Crippen LogP contribution in [0.25, 0.3) is 10.9 Å². The van der Waals surface area contributed by atoms with Gasteiger partial charge in [0.1, 0.15) is 7.28 Å². The zero-order chi connectivity index (χ0) is 8.55. The third-order valence-corrected chi connectivity index (χ3v) is 2.25. The number of aryl methyl sites for hydroxylation is 1. The first kappa shape index (κ1) is 7.47. The quantitative estimate of drug-likeness (QED) is 0.606. The molecule has 0 saturated heterocycles. The van der Waals surface area contributed by atoms with Gasteiger partial charge in [0.05, 0.1) is 0 Å². The maximum absolute atomic E-state index is 3.23. The van der Waals surface area contributed by atoms with E-state index in [4.69, 9.17) is 0 Å². The van der Waals surface area contributed by atoms with Gasteiger partial charge in [0.15, 0.2) is 0 Å². The van der Waals surface area contributed by atoms with Crippen LogP contribution in [0.15, 0.2) is 24.4 Å². The average Bonchev–Trinajstić information content (AvgIpc) is 2.47. The largest absolute Gasteiger partial charge is 0.361 e. The van der Waals surface area contributed by atoms with Crippen LogP contribution in [0.3, 0.4) is 0 Å². The van der Waals surface area contributed by atoms with E-state index in [1.807, 2.05) is 6.20 Å². The second-order valence-corrected chi connectivity index (χ2v) is 3.07. The van der Waals surface area contributed by atoms with Gasteiger partial charge in [-0.3, -0.25) is 0 Å². The van der Waals surface area contributed by atoms with E-state index >= 15 is 0 Å². The van der Waals surface area contributed by atoms with E-state index < -0.39 is 0 Å². The summed E-state index contributed by atoms with van der Waals surface area (Å²) in [6.45, 7) is 4.18. The van der Waals surface area contributed by atoms with Gasteiger partial charge in [-0.05, 0) is 18.6 Å². The van der Waals surface area contributed by atoms with Crippen LogP contribution < -0.4 is 5.46 Å². The minimum absolute atomic E-state index is 1.22. The summed E-state index contributed by atoms with van der Waals surface area (Å²) in [6.07, 6.45) is 2.05. The minimum Gasteiger partial charge on any atom is -0.361 e. The molecule has 1 N–H and O–H groups in total. The molecule has 0 bridgehead atoms. The van der Waals surface area contributed by atoms with Crippen LogP contribution in [0.2, 0.25) is 6.82 Å². The highest BCUT2D eigenvalue weighted by atomic mass is 14.7. The van der Waals surface area contributed by atoms with E-state index in [9.17, 15) is 0 Å². The summed E-state index contributed by atoms with van der Waals surface area (Å²) in [5, 5.41) is 1.32. The van der Waals surface area contributed by atoms with Gasteiger partial charge < -0.3 is 4.98 Å². The van der Waals surface area contributed by atoms with Crippen molar-refractivity contribution in [2.45, 2.75) is 13.7 Å². The normalized spacial score (nSPS) is 10.5. The van der Waals surface area contributed by atoms with Gasteiger partial charge >= 0.3 is 0 Å². The fourth-order valence-corrected chi connectivity index (χ4v) is 1.46. The number of hydrogen-bond acceptors (Lipinski definition) is 0. The number of benzene rings is 1. The van der Waals surface area contributed by atoms with E-state index in [1.54, 1.807) is 0 Å². The Kier molecular flexibility index (Phi) is 1.68. The van der Waals surface area contributed by atoms with E-state index in [0.29, 0.717) is 0 Å². The highest BCUT2D eigenvalue weighted by molar-refractivity contribution is 6.52. The third kappa shape index (κ3) is 1.04. The Morgan fingerprint density at radius 3 is 2.92 bits per heavy atom. The summed E-state index contributed by atoms with van der Waals surface area (Å²) < 4.78 is 0. The first-order valence-electron chi connectivity index (χ1n) is 4.18. The Labute approximate surface area is 73.0 Å². The molecule has 2 aromatic rings. The van der Waals surface area contributed by atoms with Crippen LogP contribution in [-0.4, -0.2) is 12.3 Å². The van der Waals surface area contributed by atoms with Crippen molar-refractivity contribution in [3.8, 4) is 0 Å². The molecular weight excluding hydrogens is 145 g/mol. The van der Waals surface area contributed by atoms with Crippen molar-refractivity contribution < 1.29 is 0 Å². The van der Waals surface area contributed by atoms with Gasteiger partial charge in [-0.1, -0.05) is 24.4 Å². The van der Waals surface area contributed by atoms with Crippen LogP contribution in [0, 0.1) is 6.92 Å². The Bertz CT molecular complexity index is 403. The molecule has 12 heavy (non-hydrogen) atoms. The monoisotopic (exact) mass is 156 g/mol. The van der Waals surface area contributed by atoms with Gasteiger partial charge in [0.25, 0.3) is 0 Å². The van der Waals surface area contributed by atoms with Gasteiger partial charge in [-0.15, -0.1) is 0 Å². The molecule has 0 amide bonds. The number of fused-ring (bicyclic) bond motifs is 1. The Hall–Kier alpha value is -1.18. The summed E-state index contributed by atoms with van der Waals surface area (Å²) in [7, 11) is 2.12. The standard InChI is InChI=1S/C10H11BN/c1-7-6-12-10-4-3-8(11-2)5-9(7)10/h3-6,12H,1-2H3. The van der Waals surface area contributed by atoms with E-state index in [2.05, 4.69) is 44.2 Å². The lowest BCUT2D eigenvalue weighted by Crippen LogP contribution is -2.08. The minimum atomic E-state index is 1.22. The number of nitrogens with one attached hydrogen (secondary N) is 1. The number of H-pyrrole nitrogens is 1. The van der Waals surface area contributed by atoms with Gasteiger partial charge in [0.2, 0.25) is 0 Å². The summed E-state index contributed by atoms with van der Waals surface area (Å²) in [6, 6.07) is 6.46. The van der Waals surface area contributed by atoms with Crippen molar-refractivity contribution >= 4 is 23.6 Å². The van der Waals surface area contributed by atoms with Crippen molar-refractivity contribution in [2.75, 3.05) is 0 Å². The number of hydrogen-bond donors (Lipinski definition) is 1. The predicted molar refractivity (Wildman–Crippen MR) is 54.3 cm³/mol. The Morgan fingerprint density at radius 1 is 1.33 bits per heavy atom. The number of aromatic amines is 1. The fraction of sp³-hybridized carbons (Fsp3) is 0.200. The van der Waals surface area contributed by atoms with Gasteiger partial charge in [-0.25, -0.2) is 0 Å². The molecule has 0 fully saturated rings. The van der Waals surface area contributed by atoms with Crippen molar-refractivity contribution in [3.05, 3.63) is 30.0 Å². The first-order valence-corrected chi connectivity index (χ1v) is 4.18. The van der Waals surface area contributed by atoms with Crippen molar-refractivity contribution in [2.24, 2.45) is 0 Å². The van der Waals surface area contributed by atoms with Gasteiger partial charge in [0, 0.05) is 17.1 Å². The molecule has 0 spiro atoms. The molecule has 1 aromatic heterocycles. The van der Waals surface area contributed by atoms with Crippen molar-refractivity contribution in [1.29, 1.82) is 0 Å². The highest BCUT2D eigenvalue weighted by Gasteiger charge is 1.99. The third-order valence-electron chi connectivity index (χ3n) is 2.25. The maximum Gasteiger partial charge on any atom is 0.148 e. The molecule has 1 aromatic carbocycles. The molecule has 0 atom stereocenters. The van der Waals surface area contributed by atoms with E-state index in [1.165, 1.54) is 21.9 Å². The molecule has 59 valence electrons. The molecule has 1 heterocycles. The van der Waals surface area contributed by atoms with Crippen LogP contribution >= 0.6 is 0 Å². The molecule has 2 rings (SSSR count). The molecule has 0 aliphatic carbocycles.